The second kappa shape index (κ2) is 6.87. The van der Waals surface area contributed by atoms with Gasteiger partial charge in [-0.1, -0.05) is 48.9 Å². The van der Waals surface area contributed by atoms with E-state index in [0.29, 0.717) is 17.0 Å². The Bertz CT molecular complexity index is 623. The molecule has 20 heavy (non-hydrogen) atoms. The smallest absolute Gasteiger partial charge is 0.267 e. The molecule has 1 N–H and O–H groups in total. The average molecular weight is 287 g/mol. The highest BCUT2D eigenvalue weighted by molar-refractivity contribution is 6.31. The Morgan fingerprint density at radius 1 is 1.10 bits per heavy atom. The van der Waals surface area contributed by atoms with Crippen LogP contribution >= 0.6 is 11.6 Å². The van der Waals surface area contributed by atoms with Gasteiger partial charge < -0.3 is 0 Å². The fraction of sp³-hybridized carbons (Fsp3) is 0.125. The molecule has 0 spiro atoms. The largest absolute Gasteiger partial charge is 0.271 e. The quantitative estimate of drug-likeness (QED) is 0.672. The van der Waals surface area contributed by atoms with Crippen LogP contribution in [0.25, 0.3) is 0 Å². The molecule has 0 radical (unpaired) electrons. The van der Waals surface area contributed by atoms with Crippen molar-refractivity contribution in [1.29, 1.82) is 0 Å². The summed E-state index contributed by atoms with van der Waals surface area (Å²) in [7, 11) is 0. The maximum absolute atomic E-state index is 11.9. The van der Waals surface area contributed by atoms with Crippen molar-refractivity contribution < 1.29 is 4.79 Å². The van der Waals surface area contributed by atoms with Gasteiger partial charge in [0.15, 0.2) is 0 Å². The summed E-state index contributed by atoms with van der Waals surface area (Å²) in [6.07, 6.45) is 0.704. The van der Waals surface area contributed by atoms with E-state index in [0.717, 1.165) is 11.3 Å². The maximum Gasteiger partial charge on any atom is 0.271 e. The van der Waals surface area contributed by atoms with Gasteiger partial charge >= 0.3 is 0 Å². The second-order valence-electron chi connectivity index (χ2n) is 4.23. The number of hydrogen-bond acceptors (Lipinski definition) is 2. The minimum absolute atomic E-state index is 0.224. The summed E-state index contributed by atoms with van der Waals surface area (Å²) in [5, 5.41) is 4.84. The molecule has 102 valence electrons. The molecule has 0 unspecified atom stereocenters. The molecule has 0 saturated heterocycles. The number of rotatable bonds is 4. The molecule has 0 saturated carbocycles. The highest BCUT2D eigenvalue weighted by atomic mass is 35.5. The number of nitrogens with zero attached hydrogens (tertiary/aromatic N) is 1. The van der Waals surface area contributed by atoms with Crippen molar-refractivity contribution in [3.8, 4) is 0 Å². The average Bonchev–Trinajstić information content (AvgIpc) is 2.48. The first-order valence-corrected chi connectivity index (χ1v) is 6.76. The first kappa shape index (κ1) is 14.3. The molecule has 2 aromatic carbocycles. The standard InChI is InChI=1S/C16H15ClN2O/c1-2-15(13-9-6-10-14(17)11-13)18-19-16(20)12-7-4-3-5-8-12/h3-11H,2H2,1H3,(H,19,20)/b18-15+. The molecule has 0 fully saturated rings. The SMILES string of the molecule is CC/C(=N\NC(=O)c1ccccc1)c1cccc(Cl)c1. The summed E-state index contributed by atoms with van der Waals surface area (Å²) in [6, 6.07) is 16.4. The number of halogens is 1. The van der Waals surface area contributed by atoms with Gasteiger partial charge in [0.25, 0.3) is 5.91 Å². The van der Waals surface area contributed by atoms with E-state index in [9.17, 15) is 4.79 Å². The number of carbonyl (C=O) groups excluding carboxylic acids is 1. The Kier molecular flexibility index (Phi) is 4.91. The van der Waals surface area contributed by atoms with E-state index < -0.39 is 0 Å². The van der Waals surface area contributed by atoms with Crippen LogP contribution in [0.2, 0.25) is 5.02 Å². The highest BCUT2D eigenvalue weighted by Gasteiger charge is 2.05. The molecule has 3 nitrogen and oxygen atoms in total. The third kappa shape index (κ3) is 3.68. The van der Waals surface area contributed by atoms with Gasteiger partial charge in [0.1, 0.15) is 0 Å². The van der Waals surface area contributed by atoms with Crippen LogP contribution in [0, 0.1) is 0 Å². The Morgan fingerprint density at radius 2 is 1.80 bits per heavy atom. The molecule has 2 aromatic rings. The summed E-state index contributed by atoms with van der Waals surface area (Å²) in [4.78, 5) is 11.9. The Balaban J connectivity index is 2.14. The summed E-state index contributed by atoms with van der Waals surface area (Å²) in [5.74, 6) is -0.224. The zero-order valence-electron chi connectivity index (χ0n) is 11.1. The fourth-order valence-electron chi connectivity index (χ4n) is 1.79. The molecule has 1 amide bonds. The normalized spacial score (nSPS) is 11.2. The molecule has 0 aromatic heterocycles. The Hall–Kier alpha value is -2.13. The van der Waals surface area contributed by atoms with Crippen LogP contribution in [-0.4, -0.2) is 11.6 Å². The van der Waals surface area contributed by atoms with Crippen molar-refractivity contribution >= 4 is 23.2 Å². The number of carbonyl (C=O) groups is 1. The van der Waals surface area contributed by atoms with Crippen molar-refractivity contribution in [3.05, 3.63) is 70.7 Å². The predicted molar refractivity (Wildman–Crippen MR) is 82.2 cm³/mol. The molecule has 0 aliphatic heterocycles. The van der Waals surface area contributed by atoms with Gasteiger partial charge in [-0.15, -0.1) is 0 Å². The fourth-order valence-corrected chi connectivity index (χ4v) is 1.98. The van der Waals surface area contributed by atoms with Crippen molar-refractivity contribution in [1.82, 2.24) is 5.43 Å². The van der Waals surface area contributed by atoms with Gasteiger partial charge in [-0.25, -0.2) is 5.43 Å². The third-order valence-corrected chi connectivity index (χ3v) is 3.06. The van der Waals surface area contributed by atoms with E-state index >= 15 is 0 Å². The zero-order chi connectivity index (χ0) is 14.4. The topological polar surface area (TPSA) is 41.5 Å². The number of hydrogen-bond donors (Lipinski definition) is 1. The van der Waals surface area contributed by atoms with Crippen LogP contribution in [-0.2, 0) is 0 Å². The van der Waals surface area contributed by atoms with Crippen LogP contribution in [0.3, 0.4) is 0 Å². The monoisotopic (exact) mass is 286 g/mol. The number of benzene rings is 2. The predicted octanol–water partition coefficient (Wildman–Crippen LogP) is 3.88. The summed E-state index contributed by atoms with van der Waals surface area (Å²) in [6.45, 7) is 1.98. The summed E-state index contributed by atoms with van der Waals surface area (Å²) in [5.41, 5.74) is 4.85. The molecule has 0 atom stereocenters. The molecule has 4 heteroatoms. The van der Waals surface area contributed by atoms with Gasteiger partial charge in [0.05, 0.1) is 5.71 Å². The highest BCUT2D eigenvalue weighted by Crippen LogP contribution is 2.12. The second-order valence-corrected chi connectivity index (χ2v) is 4.67. The molecular weight excluding hydrogens is 272 g/mol. The van der Waals surface area contributed by atoms with Crippen molar-refractivity contribution in [2.45, 2.75) is 13.3 Å². The first-order valence-electron chi connectivity index (χ1n) is 6.38. The van der Waals surface area contributed by atoms with Crippen LogP contribution < -0.4 is 5.43 Å². The minimum Gasteiger partial charge on any atom is -0.267 e. The van der Waals surface area contributed by atoms with E-state index in [4.69, 9.17) is 11.6 Å². The van der Waals surface area contributed by atoms with E-state index in [1.165, 1.54) is 0 Å². The van der Waals surface area contributed by atoms with E-state index in [1.807, 2.05) is 43.3 Å². The lowest BCUT2D eigenvalue weighted by molar-refractivity contribution is 0.0955. The van der Waals surface area contributed by atoms with Crippen molar-refractivity contribution in [2.24, 2.45) is 5.10 Å². The van der Waals surface area contributed by atoms with Crippen molar-refractivity contribution in [2.75, 3.05) is 0 Å². The Labute approximate surface area is 123 Å². The van der Waals surface area contributed by atoms with Crippen LogP contribution in [0.1, 0.15) is 29.3 Å². The lowest BCUT2D eigenvalue weighted by Crippen LogP contribution is -2.19. The van der Waals surface area contributed by atoms with E-state index in [1.54, 1.807) is 18.2 Å². The molecular formula is C16H15ClN2O. The first-order chi connectivity index (χ1) is 9.70. The lowest BCUT2D eigenvalue weighted by Gasteiger charge is -2.05. The van der Waals surface area contributed by atoms with E-state index in [2.05, 4.69) is 10.5 Å². The van der Waals surface area contributed by atoms with E-state index in [-0.39, 0.29) is 5.91 Å². The Morgan fingerprint density at radius 3 is 2.45 bits per heavy atom. The number of amides is 1. The van der Waals surface area contributed by atoms with Gasteiger partial charge in [-0.05, 0) is 36.2 Å². The number of hydrazone groups is 1. The van der Waals surface area contributed by atoms with Crippen molar-refractivity contribution in [3.63, 3.8) is 0 Å². The van der Waals surface area contributed by atoms with Crippen LogP contribution in [0.5, 0.6) is 0 Å². The zero-order valence-corrected chi connectivity index (χ0v) is 11.9. The van der Waals surface area contributed by atoms with Crippen LogP contribution in [0.15, 0.2) is 59.7 Å². The van der Waals surface area contributed by atoms with Crippen LogP contribution in [0.4, 0.5) is 0 Å². The third-order valence-electron chi connectivity index (χ3n) is 2.82. The van der Waals surface area contributed by atoms with Gasteiger partial charge in [0.2, 0.25) is 0 Å². The maximum atomic E-state index is 11.9. The molecule has 0 bridgehead atoms. The lowest BCUT2D eigenvalue weighted by atomic mass is 10.1. The molecule has 0 aliphatic rings. The van der Waals surface area contributed by atoms with Gasteiger partial charge in [-0.2, -0.15) is 5.10 Å². The molecule has 0 heterocycles. The summed E-state index contributed by atoms with van der Waals surface area (Å²) >= 11 is 5.96. The molecule has 2 rings (SSSR count). The van der Waals surface area contributed by atoms with Gasteiger partial charge in [-0.3, -0.25) is 4.79 Å². The number of nitrogens with one attached hydrogen (secondary N) is 1. The summed E-state index contributed by atoms with van der Waals surface area (Å²) < 4.78 is 0. The minimum atomic E-state index is -0.224. The van der Waals surface area contributed by atoms with Gasteiger partial charge in [0, 0.05) is 10.6 Å². The molecule has 0 aliphatic carbocycles.